The molecule has 0 fully saturated rings. The number of anilines is 1. The highest BCUT2D eigenvalue weighted by atomic mass is 35.5. The van der Waals surface area contributed by atoms with Crippen LogP contribution in [0.2, 0.25) is 0 Å². The van der Waals surface area contributed by atoms with Crippen LogP contribution < -0.4 is 15.8 Å². The largest absolute Gasteiger partial charge is 0.493 e. The number of alkyl halides is 1. The average Bonchev–Trinajstić information content (AvgIpc) is 2.87. The molecule has 0 aliphatic heterocycles. The van der Waals surface area contributed by atoms with Gasteiger partial charge in [0.1, 0.15) is 11.6 Å². The highest BCUT2D eigenvalue weighted by Crippen LogP contribution is 2.30. The number of ether oxygens (including phenoxy) is 1. The number of carbonyl (C=O) groups excluding carboxylic acids is 1. The molecule has 106 valence electrons. The molecule has 0 unspecified atom stereocenters. The predicted octanol–water partition coefficient (Wildman–Crippen LogP) is 3.18. The minimum absolute atomic E-state index is 0.545. The van der Waals surface area contributed by atoms with Gasteiger partial charge < -0.3 is 15.5 Å². The number of nitrogens with one attached hydrogen (secondary N) is 2. The molecule has 0 saturated carbocycles. The van der Waals surface area contributed by atoms with Gasteiger partial charge in [-0.25, -0.2) is 4.79 Å². The van der Waals surface area contributed by atoms with E-state index in [-0.39, 0.29) is 0 Å². The van der Waals surface area contributed by atoms with Crippen molar-refractivity contribution in [1.82, 2.24) is 4.98 Å². The number of H-pyrrole nitrogens is 1. The first-order chi connectivity index (χ1) is 9.70. The molecule has 0 radical (unpaired) electrons. The Hall–Kier alpha value is -2.14. The Balaban J connectivity index is 2.18. The van der Waals surface area contributed by atoms with E-state index in [1.54, 1.807) is 6.07 Å². The van der Waals surface area contributed by atoms with Crippen molar-refractivity contribution in [2.75, 3.05) is 17.8 Å². The maximum absolute atomic E-state index is 10.8. The standard InChI is InChI=1S/C14H16ClN3O2/c15-8-3-9-20-12-5-2-1-4-10(12)11-6-7-13(17-11)18-14(16)19/h1-2,4-7,17H,3,8-9H2,(H3,16,18,19). The van der Waals surface area contributed by atoms with E-state index in [0.29, 0.717) is 18.3 Å². The van der Waals surface area contributed by atoms with Gasteiger partial charge in [0.05, 0.1) is 12.3 Å². The van der Waals surface area contributed by atoms with Crippen LogP contribution in [0.5, 0.6) is 5.75 Å². The number of carbonyl (C=O) groups is 1. The monoisotopic (exact) mass is 293 g/mol. The SMILES string of the molecule is NC(=O)Nc1ccc(-c2ccccc2OCCCCl)[nH]1. The van der Waals surface area contributed by atoms with Crippen molar-refractivity contribution < 1.29 is 9.53 Å². The maximum Gasteiger partial charge on any atom is 0.317 e. The van der Waals surface area contributed by atoms with E-state index in [4.69, 9.17) is 22.1 Å². The Labute approximate surface area is 122 Å². The summed E-state index contributed by atoms with van der Waals surface area (Å²) in [6.07, 6.45) is 0.787. The van der Waals surface area contributed by atoms with E-state index < -0.39 is 6.03 Å². The summed E-state index contributed by atoms with van der Waals surface area (Å²) in [5, 5.41) is 2.49. The van der Waals surface area contributed by atoms with Crippen LogP contribution >= 0.6 is 11.6 Å². The zero-order valence-corrected chi connectivity index (χ0v) is 11.6. The summed E-state index contributed by atoms with van der Waals surface area (Å²) in [5.74, 6) is 1.88. The molecule has 0 atom stereocenters. The fourth-order valence-electron chi connectivity index (χ4n) is 1.81. The van der Waals surface area contributed by atoms with Crippen molar-refractivity contribution in [2.24, 2.45) is 5.73 Å². The molecule has 0 bridgehead atoms. The smallest absolute Gasteiger partial charge is 0.317 e. The molecule has 4 N–H and O–H groups in total. The highest BCUT2D eigenvalue weighted by Gasteiger charge is 2.08. The van der Waals surface area contributed by atoms with Crippen LogP contribution in [0.3, 0.4) is 0 Å². The van der Waals surface area contributed by atoms with Gasteiger partial charge in [-0.15, -0.1) is 11.6 Å². The van der Waals surface area contributed by atoms with Crippen molar-refractivity contribution in [3.8, 4) is 17.0 Å². The van der Waals surface area contributed by atoms with E-state index in [2.05, 4.69) is 10.3 Å². The van der Waals surface area contributed by atoms with Crippen molar-refractivity contribution in [3.05, 3.63) is 36.4 Å². The topological polar surface area (TPSA) is 80.1 Å². The van der Waals surface area contributed by atoms with Gasteiger partial charge in [-0.3, -0.25) is 5.32 Å². The number of para-hydroxylation sites is 1. The third-order valence-electron chi connectivity index (χ3n) is 2.66. The Bertz CT molecular complexity index is 583. The molecule has 20 heavy (non-hydrogen) atoms. The number of aromatic amines is 1. The summed E-state index contributed by atoms with van der Waals surface area (Å²) in [6.45, 7) is 0.563. The number of aromatic nitrogens is 1. The predicted molar refractivity (Wildman–Crippen MR) is 80.3 cm³/mol. The molecule has 2 amide bonds. The van der Waals surface area contributed by atoms with Gasteiger partial charge in [-0.05, 0) is 30.7 Å². The molecule has 0 aliphatic carbocycles. The Morgan fingerprint density at radius 2 is 2.10 bits per heavy atom. The zero-order valence-electron chi connectivity index (χ0n) is 10.9. The van der Waals surface area contributed by atoms with Gasteiger partial charge >= 0.3 is 6.03 Å². The quantitative estimate of drug-likeness (QED) is 0.565. The number of hydrogen-bond donors (Lipinski definition) is 3. The molecule has 6 heteroatoms. The van der Waals surface area contributed by atoms with Gasteiger partial charge in [0.15, 0.2) is 0 Å². The average molecular weight is 294 g/mol. The summed E-state index contributed by atoms with van der Waals surface area (Å²) >= 11 is 5.64. The number of benzene rings is 1. The summed E-state index contributed by atoms with van der Waals surface area (Å²) in [4.78, 5) is 13.9. The first-order valence-electron chi connectivity index (χ1n) is 6.24. The fourth-order valence-corrected chi connectivity index (χ4v) is 1.92. The van der Waals surface area contributed by atoms with Gasteiger partial charge in [-0.2, -0.15) is 0 Å². The van der Waals surface area contributed by atoms with Crippen molar-refractivity contribution >= 4 is 23.4 Å². The number of urea groups is 1. The van der Waals surface area contributed by atoms with Gasteiger partial charge in [0, 0.05) is 11.4 Å². The molecular formula is C14H16ClN3O2. The van der Waals surface area contributed by atoms with Crippen LogP contribution in [0.1, 0.15) is 6.42 Å². The minimum atomic E-state index is -0.606. The Morgan fingerprint density at radius 1 is 1.30 bits per heavy atom. The molecule has 1 heterocycles. The molecular weight excluding hydrogens is 278 g/mol. The van der Waals surface area contributed by atoms with Gasteiger partial charge in [0.2, 0.25) is 0 Å². The van der Waals surface area contributed by atoms with Gasteiger partial charge in [-0.1, -0.05) is 12.1 Å². The summed E-state index contributed by atoms with van der Waals surface area (Å²) < 4.78 is 5.71. The van der Waals surface area contributed by atoms with Crippen molar-refractivity contribution in [1.29, 1.82) is 0 Å². The fraction of sp³-hybridized carbons (Fsp3) is 0.214. The molecule has 1 aromatic heterocycles. The Morgan fingerprint density at radius 3 is 2.85 bits per heavy atom. The zero-order chi connectivity index (χ0) is 14.4. The molecule has 5 nitrogen and oxygen atoms in total. The van der Waals surface area contributed by atoms with Crippen LogP contribution in [0.25, 0.3) is 11.3 Å². The second kappa shape index (κ2) is 6.86. The van der Waals surface area contributed by atoms with Crippen molar-refractivity contribution in [3.63, 3.8) is 0 Å². The summed E-state index contributed by atoms with van der Waals surface area (Å²) in [6, 6.07) is 10.7. The number of halogens is 1. The van der Waals surface area contributed by atoms with Crippen LogP contribution in [0.15, 0.2) is 36.4 Å². The molecule has 0 saturated heterocycles. The summed E-state index contributed by atoms with van der Waals surface area (Å²) in [5.41, 5.74) is 6.84. The number of primary amides is 1. The summed E-state index contributed by atoms with van der Waals surface area (Å²) in [7, 11) is 0. The second-order valence-corrected chi connectivity index (χ2v) is 4.54. The molecule has 2 aromatic rings. The number of nitrogens with two attached hydrogens (primary N) is 1. The first kappa shape index (κ1) is 14.3. The van der Waals surface area contributed by atoms with Crippen LogP contribution in [0, 0.1) is 0 Å². The lowest BCUT2D eigenvalue weighted by atomic mass is 10.1. The number of amides is 2. The minimum Gasteiger partial charge on any atom is -0.493 e. The van der Waals surface area contributed by atoms with E-state index in [0.717, 1.165) is 23.4 Å². The molecule has 0 aliphatic rings. The Kier molecular flexibility index (Phi) is 4.90. The number of hydrogen-bond acceptors (Lipinski definition) is 2. The van der Waals surface area contributed by atoms with E-state index in [1.165, 1.54) is 0 Å². The molecule has 1 aromatic carbocycles. The van der Waals surface area contributed by atoms with E-state index in [1.807, 2.05) is 30.3 Å². The van der Waals surface area contributed by atoms with Gasteiger partial charge in [0.25, 0.3) is 0 Å². The van der Waals surface area contributed by atoms with Crippen molar-refractivity contribution in [2.45, 2.75) is 6.42 Å². The van der Waals surface area contributed by atoms with Crippen LogP contribution in [-0.4, -0.2) is 23.5 Å². The normalized spacial score (nSPS) is 10.2. The first-order valence-corrected chi connectivity index (χ1v) is 6.78. The lowest BCUT2D eigenvalue weighted by molar-refractivity contribution is 0.259. The molecule has 2 rings (SSSR count). The lowest BCUT2D eigenvalue weighted by Gasteiger charge is -2.09. The van der Waals surface area contributed by atoms with Crippen LogP contribution in [-0.2, 0) is 0 Å². The third kappa shape index (κ3) is 3.68. The maximum atomic E-state index is 10.8. The highest BCUT2D eigenvalue weighted by molar-refractivity contribution is 6.17. The number of rotatable bonds is 6. The van der Waals surface area contributed by atoms with E-state index >= 15 is 0 Å². The van der Waals surface area contributed by atoms with Crippen LogP contribution in [0.4, 0.5) is 10.6 Å². The lowest BCUT2D eigenvalue weighted by Crippen LogP contribution is -2.19. The molecule has 0 spiro atoms. The second-order valence-electron chi connectivity index (χ2n) is 4.16. The third-order valence-corrected chi connectivity index (χ3v) is 2.92. The van der Waals surface area contributed by atoms with E-state index in [9.17, 15) is 4.79 Å².